The van der Waals surface area contributed by atoms with E-state index < -0.39 is 0 Å². The molecule has 1 aromatic carbocycles. The summed E-state index contributed by atoms with van der Waals surface area (Å²) in [4.78, 5) is 4.13. The first kappa shape index (κ1) is 10.9. The summed E-state index contributed by atoms with van der Waals surface area (Å²) < 4.78 is 18.3. The molecule has 0 spiro atoms. The summed E-state index contributed by atoms with van der Waals surface area (Å²) >= 11 is 1.37. The van der Waals surface area contributed by atoms with Gasteiger partial charge in [0.15, 0.2) is 5.13 Å². The van der Waals surface area contributed by atoms with Crippen molar-refractivity contribution in [1.82, 2.24) is 4.98 Å². The molecule has 0 saturated heterocycles. The van der Waals surface area contributed by atoms with Crippen molar-refractivity contribution in [3.8, 4) is 5.75 Å². The second-order valence-corrected chi connectivity index (χ2v) is 4.20. The lowest BCUT2D eigenvalue weighted by atomic mass is 10.1. The van der Waals surface area contributed by atoms with Crippen LogP contribution in [0, 0.1) is 5.82 Å². The van der Waals surface area contributed by atoms with Crippen molar-refractivity contribution in [2.75, 3.05) is 12.8 Å². The first-order valence-electron chi connectivity index (χ1n) is 4.71. The number of hydrogen-bond donors (Lipinski definition) is 1. The number of hydrogen-bond acceptors (Lipinski definition) is 4. The molecule has 0 radical (unpaired) electrons. The van der Waals surface area contributed by atoms with Crippen LogP contribution in [0.5, 0.6) is 5.75 Å². The SMILES string of the molecule is COc1ccc(F)cc1Cc1csc(N)n1. The van der Waals surface area contributed by atoms with Gasteiger partial charge in [0.2, 0.25) is 0 Å². The van der Waals surface area contributed by atoms with Gasteiger partial charge in [-0.2, -0.15) is 0 Å². The highest BCUT2D eigenvalue weighted by molar-refractivity contribution is 7.13. The molecule has 84 valence electrons. The third-order valence-electron chi connectivity index (χ3n) is 2.18. The normalized spacial score (nSPS) is 10.4. The molecule has 3 nitrogen and oxygen atoms in total. The zero-order valence-electron chi connectivity index (χ0n) is 8.74. The molecular formula is C11H11FN2OS. The quantitative estimate of drug-likeness (QED) is 0.893. The Morgan fingerprint density at radius 2 is 2.31 bits per heavy atom. The topological polar surface area (TPSA) is 48.1 Å². The number of nitrogen functional groups attached to an aromatic ring is 1. The predicted octanol–water partition coefficient (Wildman–Crippen LogP) is 2.46. The Labute approximate surface area is 96.7 Å². The van der Waals surface area contributed by atoms with Crippen LogP contribution in [0.15, 0.2) is 23.6 Å². The van der Waals surface area contributed by atoms with E-state index in [1.54, 1.807) is 13.2 Å². The van der Waals surface area contributed by atoms with Crippen molar-refractivity contribution >= 4 is 16.5 Å². The smallest absolute Gasteiger partial charge is 0.180 e. The Kier molecular flexibility index (Phi) is 3.05. The molecule has 0 unspecified atom stereocenters. The third kappa shape index (κ3) is 2.30. The zero-order valence-corrected chi connectivity index (χ0v) is 9.55. The van der Waals surface area contributed by atoms with Gasteiger partial charge in [-0.15, -0.1) is 11.3 Å². The molecule has 0 saturated carbocycles. The Bertz CT molecular complexity index is 498. The van der Waals surface area contributed by atoms with Crippen molar-refractivity contribution in [1.29, 1.82) is 0 Å². The van der Waals surface area contributed by atoms with E-state index in [9.17, 15) is 4.39 Å². The van der Waals surface area contributed by atoms with Crippen molar-refractivity contribution in [2.24, 2.45) is 0 Å². The summed E-state index contributed by atoms with van der Waals surface area (Å²) in [6, 6.07) is 4.44. The summed E-state index contributed by atoms with van der Waals surface area (Å²) in [6.45, 7) is 0. The van der Waals surface area contributed by atoms with Gasteiger partial charge in [0.25, 0.3) is 0 Å². The van der Waals surface area contributed by atoms with Gasteiger partial charge in [0.1, 0.15) is 11.6 Å². The maximum Gasteiger partial charge on any atom is 0.180 e. The molecule has 1 aromatic heterocycles. The largest absolute Gasteiger partial charge is 0.496 e. The second kappa shape index (κ2) is 4.49. The van der Waals surface area contributed by atoms with E-state index in [4.69, 9.17) is 10.5 Å². The van der Waals surface area contributed by atoms with Gasteiger partial charge < -0.3 is 10.5 Å². The monoisotopic (exact) mass is 238 g/mol. The van der Waals surface area contributed by atoms with Crippen LogP contribution in [0.2, 0.25) is 0 Å². The number of ether oxygens (including phenoxy) is 1. The molecule has 0 aliphatic rings. The number of aromatic nitrogens is 1. The minimum Gasteiger partial charge on any atom is -0.496 e. The summed E-state index contributed by atoms with van der Waals surface area (Å²) in [7, 11) is 1.56. The molecule has 0 fully saturated rings. The van der Waals surface area contributed by atoms with Crippen molar-refractivity contribution in [3.05, 3.63) is 40.7 Å². The van der Waals surface area contributed by atoms with Gasteiger partial charge in [-0.3, -0.25) is 0 Å². The van der Waals surface area contributed by atoms with E-state index >= 15 is 0 Å². The molecule has 16 heavy (non-hydrogen) atoms. The molecule has 2 rings (SSSR count). The molecule has 1 heterocycles. The first-order valence-corrected chi connectivity index (χ1v) is 5.59. The molecular weight excluding hydrogens is 227 g/mol. The van der Waals surface area contributed by atoms with E-state index in [-0.39, 0.29) is 5.82 Å². The van der Waals surface area contributed by atoms with Gasteiger partial charge in [0, 0.05) is 17.4 Å². The summed E-state index contributed by atoms with van der Waals surface area (Å²) in [5.41, 5.74) is 7.13. The lowest BCUT2D eigenvalue weighted by Gasteiger charge is -2.06. The highest BCUT2D eigenvalue weighted by Crippen LogP contribution is 2.23. The van der Waals surface area contributed by atoms with Gasteiger partial charge in [-0.1, -0.05) is 0 Å². The molecule has 2 aromatic rings. The van der Waals surface area contributed by atoms with E-state index in [0.29, 0.717) is 17.3 Å². The van der Waals surface area contributed by atoms with Crippen LogP contribution in [0.1, 0.15) is 11.3 Å². The minimum atomic E-state index is -0.279. The van der Waals surface area contributed by atoms with Crippen LogP contribution in [0.25, 0.3) is 0 Å². The number of halogens is 1. The van der Waals surface area contributed by atoms with Gasteiger partial charge >= 0.3 is 0 Å². The molecule has 0 aliphatic heterocycles. The van der Waals surface area contributed by atoms with Crippen molar-refractivity contribution in [2.45, 2.75) is 6.42 Å². The highest BCUT2D eigenvalue weighted by Gasteiger charge is 2.07. The number of methoxy groups -OCH3 is 1. The van der Waals surface area contributed by atoms with Crippen LogP contribution in [-0.2, 0) is 6.42 Å². The Morgan fingerprint density at radius 1 is 1.50 bits per heavy atom. The summed E-state index contributed by atoms with van der Waals surface area (Å²) in [5, 5.41) is 2.38. The number of nitrogens with zero attached hydrogens (tertiary/aromatic N) is 1. The molecule has 0 aliphatic carbocycles. The molecule has 0 atom stereocenters. The lowest BCUT2D eigenvalue weighted by molar-refractivity contribution is 0.409. The second-order valence-electron chi connectivity index (χ2n) is 3.31. The van der Waals surface area contributed by atoms with Crippen LogP contribution in [0.4, 0.5) is 9.52 Å². The van der Waals surface area contributed by atoms with E-state index in [2.05, 4.69) is 4.98 Å². The summed E-state index contributed by atoms with van der Waals surface area (Å²) in [6.07, 6.45) is 0.522. The zero-order chi connectivity index (χ0) is 11.5. The van der Waals surface area contributed by atoms with Crippen LogP contribution < -0.4 is 10.5 Å². The fourth-order valence-electron chi connectivity index (χ4n) is 1.48. The third-order valence-corrected chi connectivity index (χ3v) is 2.91. The fraction of sp³-hybridized carbons (Fsp3) is 0.182. The Balaban J connectivity index is 2.29. The first-order chi connectivity index (χ1) is 7.69. The highest BCUT2D eigenvalue weighted by atomic mass is 32.1. The fourth-order valence-corrected chi connectivity index (χ4v) is 2.05. The number of anilines is 1. The van der Waals surface area contributed by atoms with Crippen molar-refractivity contribution < 1.29 is 9.13 Å². The maximum atomic E-state index is 13.1. The minimum absolute atomic E-state index is 0.279. The number of nitrogens with two attached hydrogens (primary N) is 1. The molecule has 0 bridgehead atoms. The molecule has 0 amide bonds. The van der Waals surface area contributed by atoms with Gasteiger partial charge in [0.05, 0.1) is 12.8 Å². The summed E-state index contributed by atoms with van der Waals surface area (Å²) in [5.74, 6) is 0.381. The standard InChI is InChI=1S/C11H11FN2OS/c1-15-10-3-2-8(12)4-7(10)5-9-6-16-11(13)14-9/h2-4,6H,5H2,1H3,(H2,13,14). The Morgan fingerprint density at radius 3 is 2.94 bits per heavy atom. The maximum absolute atomic E-state index is 13.1. The lowest BCUT2D eigenvalue weighted by Crippen LogP contribution is -1.95. The predicted molar refractivity (Wildman–Crippen MR) is 62.3 cm³/mol. The van der Waals surface area contributed by atoms with Crippen LogP contribution in [-0.4, -0.2) is 12.1 Å². The van der Waals surface area contributed by atoms with Gasteiger partial charge in [-0.25, -0.2) is 9.37 Å². The molecule has 5 heteroatoms. The number of thiazole rings is 1. The van der Waals surface area contributed by atoms with Crippen LogP contribution in [0.3, 0.4) is 0 Å². The van der Waals surface area contributed by atoms with Crippen LogP contribution >= 0.6 is 11.3 Å². The molecule has 2 N–H and O–H groups in total. The average molecular weight is 238 g/mol. The Hall–Kier alpha value is -1.62. The number of rotatable bonds is 3. The number of benzene rings is 1. The van der Waals surface area contributed by atoms with E-state index in [0.717, 1.165) is 11.3 Å². The van der Waals surface area contributed by atoms with E-state index in [1.165, 1.54) is 23.5 Å². The average Bonchev–Trinajstić information content (AvgIpc) is 2.64. The van der Waals surface area contributed by atoms with Crippen molar-refractivity contribution in [3.63, 3.8) is 0 Å². The van der Waals surface area contributed by atoms with E-state index in [1.807, 2.05) is 5.38 Å². The van der Waals surface area contributed by atoms with Gasteiger partial charge in [-0.05, 0) is 18.2 Å².